The van der Waals surface area contributed by atoms with Crippen LogP contribution in [0.3, 0.4) is 0 Å². The highest BCUT2D eigenvalue weighted by Crippen LogP contribution is 2.06. The topological polar surface area (TPSA) is 54.9 Å². The van der Waals surface area contributed by atoms with E-state index in [4.69, 9.17) is 0 Å². The first-order valence-corrected chi connectivity index (χ1v) is 5.01. The Bertz CT molecular complexity index is 611. The van der Waals surface area contributed by atoms with Gasteiger partial charge in [0.25, 0.3) is 11.1 Å². The fourth-order valence-corrected chi connectivity index (χ4v) is 1.54. The third kappa shape index (κ3) is 2.11. The van der Waals surface area contributed by atoms with Crippen molar-refractivity contribution in [1.82, 2.24) is 9.78 Å². The van der Waals surface area contributed by atoms with Gasteiger partial charge in [0.1, 0.15) is 0 Å². The molecule has 0 saturated carbocycles. The average Bonchev–Trinajstić information content (AvgIpc) is 2.27. The SMILES string of the molecule is Cc1ccccc1Cn1[nH]c(=O)ccc1=O. The quantitative estimate of drug-likeness (QED) is 0.810. The normalized spacial score (nSPS) is 10.3. The van der Waals surface area contributed by atoms with E-state index < -0.39 is 0 Å². The lowest BCUT2D eigenvalue weighted by Crippen LogP contribution is -2.28. The van der Waals surface area contributed by atoms with Gasteiger partial charge in [-0.05, 0) is 18.1 Å². The van der Waals surface area contributed by atoms with Crippen LogP contribution in [-0.2, 0) is 6.54 Å². The lowest BCUT2D eigenvalue weighted by atomic mass is 10.1. The van der Waals surface area contributed by atoms with Gasteiger partial charge in [-0.3, -0.25) is 14.7 Å². The highest BCUT2D eigenvalue weighted by Gasteiger charge is 2.00. The molecule has 1 aromatic carbocycles. The Morgan fingerprint density at radius 3 is 2.62 bits per heavy atom. The third-order valence-electron chi connectivity index (χ3n) is 2.48. The molecule has 0 aliphatic carbocycles. The van der Waals surface area contributed by atoms with E-state index in [0.717, 1.165) is 11.1 Å². The van der Waals surface area contributed by atoms with Crippen molar-refractivity contribution in [3.63, 3.8) is 0 Å². The van der Waals surface area contributed by atoms with Crippen LogP contribution < -0.4 is 11.1 Å². The number of nitrogens with one attached hydrogen (secondary N) is 1. The van der Waals surface area contributed by atoms with Gasteiger partial charge in [0.15, 0.2) is 0 Å². The predicted molar refractivity (Wildman–Crippen MR) is 61.6 cm³/mol. The number of benzene rings is 1. The minimum Gasteiger partial charge on any atom is -0.268 e. The summed E-state index contributed by atoms with van der Waals surface area (Å²) in [6, 6.07) is 10.3. The van der Waals surface area contributed by atoms with Gasteiger partial charge in [0.2, 0.25) is 0 Å². The van der Waals surface area contributed by atoms with Crippen LogP contribution in [-0.4, -0.2) is 9.78 Å². The van der Waals surface area contributed by atoms with Crippen LogP contribution in [0.2, 0.25) is 0 Å². The summed E-state index contributed by atoms with van der Waals surface area (Å²) in [7, 11) is 0. The van der Waals surface area contributed by atoms with E-state index in [-0.39, 0.29) is 11.1 Å². The fourth-order valence-electron chi connectivity index (χ4n) is 1.54. The molecule has 4 heteroatoms. The van der Waals surface area contributed by atoms with E-state index in [0.29, 0.717) is 6.54 Å². The zero-order chi connectivity index (χ0) is 11.5. The molecule has 82 valence electrons. The molecule has 0 unspecified atom stereocenters. The summed E-state index contributed by atoms with van der Waals surface area (Å²) >= 11 is 0. The fraction of sp³-hybridized carbons (Fsp3) is 0.167. The van der Waals surface area contributed by atoms with Gasteiger partial charge in [-0.15, -0.1) is 0 Å². The maximum atomic E-state index is 11.5. The molecule has 0 radical (unpaired) electrons. The number of hydrogen-bond acceptors (Lipinski definition) is 2. The lowest BCUT2D eigenvalue weighted by molar-refractivity contribution is 0.625. The predicted octanol–water partition coefficient (Wildman–Crippen LogP) is 0.893. The highest BCUT2D eigenvalue weighted by molar-refractivity contribution is 5.25. The van der Waals surface area contributed by atoms with Crippen molar-refractivity contribution in [1.29, 1.82) is 0 Å². The molecule has 1 aromatic heterocycles. The van der Waals surface area contributed by atoms with Gasteiger partial charge in [-0.2, -0.15) is 0 Å². The second-order valence-electron chi connectivity index (χ2n) is 3.66. The Labute approximate surface area is 92.2 Å². The molecule has 0 saturated heterocycles. The van der Waals surface area contributed by atoms with E-state index in [1.54, 1.807) is 0 Å². The van der Waals surface area contributed by atoms with Crippen molar-refractivity contribution in [2.75, 3.05) is 0 Å². The molecule has 1 N–H and O–H groups in total. The number of nitrogens with zero attached hydrogens (tertiary/aromatic N) is 1. The van der Waals surface area contributed by atoms with E-state index in [1.165, 1.54) is 16.8 Å². The van der Waals surface area contributed by atoms with Crippen LogP contribution in [0.25, 0.3) is 0 Å². The van der Waals surface area contributed by atoms with Gasteiger partial charge in [-0.25, -0.2) is 4.68 Å². The molecule has 16 heavy (non-hydrogen) atoms. The summed E-state index contributed by atoms with van der Waals surface area (Å²) in [5.41, 5.74) is 1.64. The van der Waals surface area contributed by atoms with Crippen molar-refractivity contribution in [2.24, 2.45) is 0 Å². The molecule has 0 aliphatic rings. The van der Waals surface area contributed by atoms with Crippen LogP contribution in [0.15, 0.2) is 46.0 Å². The van der Waals surface area contributed by atoms with Gasteiger partial charge in [-0.1, -0.05) is 24.3 Å². The monoisotopic (exact) mass is 216 g/mol. The van der Waals surface area contributed by atoms with Gasteiger partial charge in [0.05, 0.1) is 6.54 Å². The third-order valence-corrected chi connectivity index (χ3v) is 2.48. The number of aryl methyl sites for hydroxylation is 1. The summed E-state index contributed by atoms with van der Waals surface area (Å²) in [5, 5.41) is 2.50. The minimum absolute atomic E-state index is 0.206. The summed E-state index contributed by atoms with van der Waals surface area (Å²) in [6.07, 6.45) is 0. The lowest BCUT2D eigenvalue weighted by Gasteiger charge is -2.07. The molecule has 2 rings (SSSR count). The molecule has 0 spiro atoms. The molecule has 2 aromatic rings. The van der Waals surface area contributed by atoms with Crippen LogP contribution >= 0.6 is 0 Å². The Hall–Kier alpha value is -2.10. The van der Waals surface area contributed by atoms with E-state index in [2.05, 4.69) is 5.10 Å². The number of aromatic amines is 1. The van der Waals surface area contributed by atoms with E-state index in [1.807, 2.05) is 31.2 Å². The van der Waals surface area contributed by atoms with E-state index >= 15 is 0 Å². The minimum atomic E-state index is -0.270. The first-order valence-electron chi connectivity index (χ1n) is 5.01. The van der Waals surface area contributed by atoms with Crippen molar-refractivity contribution in [3.8, 4) is 0 Å². The van der Waals surface area contributed by atoms with Gasteiger partial charge >= 0.3 is 0 Å². The van der Waals surface area contributed by atoms with Crippen LogP contribution in [0, 0.1) is 6.92 Å². The van der Waals surface area contributed by atoms with E-state index in [9.17, 15) is 9.59 Å². The Morgan fingerprint density at radius 2 is 1.88 bits per heavy atom. The van der Waals surface area contributed by atoms with Crippen LogP contribution in [0.1, 0.15) is 11.1 Å². The second kappa shape index (κ2) is 4.18. The van der Waals surface area contributed by atoms with Crippen molar-refractivity contribution in [2.45, 2.75) is 13.5 Å². The maximum absolute atomic E-state index is 11.5. The zero-order valence-electron chi connectivity index (χ0n) is 8.93. The Kier molecular flexibility index (Phi) is 2.72. The number of aromatic nitrogens is 2. The summed E-state index contributed by atoms with van der Waals surface area (Å²) in [6.45, 7) is 2.36. The molecule has 4 nitrogen and oxygen atoms in total. The highest BCUT2D eigenvalue weighted by atomic mass is 16.1. The first-order chi connectivity index (χ1) is 7.66. The van der Waals surface area contributed by atoms with Gasteiger partial charge in [0, 0.05) is 12.1 Å². The second-order valence-corrected chi connectivity index (χ2v) is 3.66. The molecular formula is C12H12N2O2. The summed E-state index contributed by atoms with van der Waals surface area (Å²) in [5.74, 6) is 0. The molecule has 0 aliphatic heterocycles. The standard InChI is InChI=1S/C12H12N2O2/c1-9-4-2-3-5-10(9)8-14-12(16)7-6-11(15)13-14/h2-7H,8H2,1H3,(H,13,15). The van der Waals surface area contributed by atoms with Crippen molar-refractivity contribution >= 4 is 0 Å². The van der Waals surface area contributed by atoms with Gasteiger partial charge < -0.3 is 0 Å². The average molecular weight is 216 g/mol. The maximum Gasteiger partial charge on any atom is 0.265 e. The van der Waals surface area contributed by atoms with Crippen molar-refractivity contribution in [3.05, 3.63) is 68.2 Å². The largest absolute Gasteiger partial charge is 0.268 e. The Balaban J connectivity index is 2.42. The molecular weight excluding hydrogens is 204 g/mol. The summed E-state index contributed by atoms with van der Waals surface area (Å²) < 4.78 is 1.31. The van der Waals surface area contributed by atoms with Crippen LogP contribution in [0.5, 0.6) is 0 Å². The molecule has 1 heterocycles. The molecule has 0 fully saturated rings. The molecule has 0 atom stereocenters. The summed E-state index contributed by atoms with van der Waals surface area (Å²) in [4.78, 5) is 22.6. The first kappa shape index (κ1) is 10.4. The van der Waals surface area contributed by atoms with Crippen LogP contribution in [0.4, 0.5) is 0 Å². The Morgan fingerprint density at radius 1 is 1.12 bits per heavy atom. The zero-order valence-corrected chi connectivity index (χ0v) is 8.93. The smallest absolute Gasteiger partial charge is 0.265 e. The number of hydrogen-bond donors (Lipinski definition) is 1. The number of H-pyrrole nitrogens is 1. The number of rotatable bonds is 2. The van der Waals surface area contributed by atoms with Crippen molar-refractivity contribution < 1.29 is 0 Å². The molecule has 0 bridgehead atoms. The molecule has 0 amide bonds.